The van der Waals surface area contributed by atoms with Gasteiger partial charge in [-0.05, 0) is 30.5 Å². The molecule has 0 aromatic heterocycles. The van der Waals surface area contributed by atoms with E-state index in [1.165, 1.54) is 0 Å². The number of rotatable bonds is 7. The van der Waals surface area contributed by atoms with Gasteiger partial charge in [0.25, 0.3) is 0 Å². The summed E-state index contributed by atoms with van der Waals surface area (Å²) in [4.78, 5) is 0. The maximum absolute atomic E-state index is 5.15. The van der Waals surface area contributed by atoms with Crippen LogP contribution in [0.4, 0.5) is 0 Å². The van der Waals surface area contributed by atoms with Crippen molar-refractivity contribution in [1.82, 2.24) is 10.6 Å². The Morgan fingerprint density at radius 2 is 2.00 bits per heavy atom. The summed E-state index contributed by atoms with van der Waals surface area (Å²) in [6, 6.07) is 0. The topological polar surface area (TPSA) is 33.3 Å². The third-order valence-corrected chi connectivity index (χ3v) is 2.53. The molecule has 0 aliphatic rings. The molecule has 0 bridgehead atoms. The van der Waals surface area contributed by atoms with Crippen LogP contribution in [0, 0.1) is 5.41 Å². The summed E-state index contributed by atoms with van der Waals surface area (Å²) >= 11 is 5.15. The zero-order valence-corrected chi connectivity index (χ0v) is 11.2. The van der Waals surface area contributed by atoms with E-state index in [9.17, 15) is 0 Å². The van der Waals surface area contributed by atoms with E-state index in [0.717, 1.165) is 37.7 Å². The van der Waals surface area contributed by atoms with Gasteiger partial charge in [-0.15, -0.1) is 0 Å². The minimum atomic E-state index is 0.216. The molecule has 0 fully saturated rings. The largest absolute Gasteiger partial charge is 0.385 e. The number of hydrogen-bond donors (Lipinski definition) is 2. The average Bonchev–Trinajstić information content (AvgIpc) is 2.21. The van der Waals surface area contributed by atoms with Gasteiger partial charge in [0.1, 0.15) is 0 Å². The molecule has 0 amide bonds. The third-order valence-electron chi connectivity index (χ3n) is 2.25. The van der Waals surface area contributed by atoms with Crippen LogP contribution in [-0.4, -0.2) is 31.9 Å². The van der Waals surface area contributed by atoms with Crippen molar-refractivity contribution in [1.29, 1.82) is 0 Å². The van der Waals surface area contributed by atoms with Gasteiger partial charge < -0.3 is 15.4 Å². The number of nitrogens with one attached hydrogen (secondary N) is 2. The first-order chi connectivity index (χ1) is 7.02. The second-order valence-corrected chi connectivity index (χ2v) is 4.92. The Morgan fingerprint density at radius 1 is 1.33 bits per heavy atom. The molecule has 0 heterocycles. The number of thiocarbonyl (C=S) groups is 1. The van der Waals surface area contributed by atoms with Gasteiger partial charge in [0.2, 0.25) is 0 Å². The van der Waals surface area contributed by atoms with E-state index in [-0.39, 0.29) is 5.41 Å². The van der Waals surface area contributed by atoms with Crippen LogP contribution in [0.5, 0.6) is 0 Å². The summed E-state index contributed by atoms with van der Waals surface area (Å²) in [7, 11) is 1.73. The number of hydrogen-bond acceptors (Lipinski definition) is 2. The molecular weight excluding hydrogens is 208 g/mol. The van der Waals surface area contributed by atoms with E-state index in [1.54, 1.807) is 7.11 Å². The van der Waals surface area contributed by atoms with Gasteiger partial charge in [-0.1, -0.05) is 20.8 Å². The van der Waals surface area contributed by atoms with Gasteiger partial charge in [-0.2, -0.15) is 0 Å². The predicted octanol–water partition coefficient (Wildman–Crippen LogP) is 1.92. The standard InChI is InChI=1S/C11H24N2OS/c1-5-7-12-10(15)13-9-11(2,3)6-8-14-4/h5-9H2,1-4H3,(H2,12,13,15). The normalized spacial score (nSPS) is 11.2. The highest BCUT2D eigenvalue weighted by Crippen LogP contribution is 2.18. The van der Waals surface area contributed by atoms with Gasteiger partial charge in [-0.25, -0.2) is 0 Å². The maximum Gasteiger partial charge on any atom is 0.166 e. The van der Waals surface area contributed by atoms with Crippen molar-refractivity contribution in [3.63, 3.8) is 0 Å². The monoisotopic (exact) mass is 232 g/mol. The Bertz CT molecular complexity index is 183. The lowest BCUT2D eigenvalue weighted by Gasteiger charge is -2.25. The highest BCUT2D eigenvalue weighted by atomic mass is 32.1. The zero-order valence-electron chi connectivity index (χ0n) is 10.4. The van der Waals surface area contributed by atoms with Gasteiger partial charge >= 0.3 is 0 Å². The average molecular weight is 232 g/mol. The Labute approximate surface area is 99.0 Å². The van der Waals surface area contributed by atoms with E-state index in [4.69, 9.17) is 17.0 Å². The molecule has 0 atom stereocenters. The molecule has 2 N–H and O–H groups in total. The molecule has 4 heteroatoms. The van der Waals surface area contributed by atoms with Gasteiger partial charge in [0.15, 0.2) is 5.11 Å². The molecule has 0 aromatic rings. The first kappa shape index (κ1) is 14.6. The summed E-state index contributed by atoms with van der Waals surface area (Å²) in [6.45, 7) is 9.15. The van der Waals surface area contributed by atoms with Gasteiger partial charge in [0, 0.05) is 26.8 Å². The van der Waals surface area contributed by atoms with E-state index < -0.39 is 0 Å². The van der Waals surface area contributed by atoms with Crippen molar-refractivity contribution < 1.29 is 4.74 Å². The fourth-order valence-electron chi connectivity index (χ4n) is 1.09. The lowest BCUT2D eigenvalue weighted by molar-refractivity contribution is 0.153. The Morgan fingerprint density at radius 3 is 2.53 bits per heavy atom. The quantitative estimate of drug-likeness (QED) is 0.657. The highest BCUT2D eigenvalue weighted by molar-refractivity contribution is 7.80. The van der Waals surface area contributed by atoms with Crippen LogP contribution in [0.25, 0.3) is 0 Å². The molecule has 0 unspecified atom stereocenters. The molecule has 0 rings (SSSR count). The zero-order chi connectivity index (χ0) is 11.7. The minimum absolute atomic E-state index is 0.216. The van der Waals surface area contributed by atoms with Crippen molar-refractivity contribution >= 4 is 17.3 Å². The molecule has 0 aliphatic heterocycles. The predicted molar refractivity (Wildman–Crippen MR) is 69.2 cm³/mol. The fraction of sp³-hybridized carbons (Fsp3) is 0.909. The molecular formula is C11H24N2OS. The molecule has 90 valence electrons. The van der Waals surface area contributed by atoms with E-state index in [0.29, 0.717) is 0 Å². The van der Waals surface area contributed by atoms with Crippen molar-refractivity contribution in [2.24, 2.45) is 5.41 Å². The van der Waals surface area contributed by atoms with Crippen molar-refractivity contribution in [3.05, 3.63) is 0 Å². The SMILES string of the molecule is CCCNC(=S)NCC(C)(C)CCOC. The Hall–Kier alpha value is -0.350. The molecule has 0 saturated carbocycles. The first-order valence-electron chi connectivity index (χ1n) is 5.52. The maximum atomic E-state index is 5.15. The van der Waals surface area contributed by atoms with E-state index in [2.05, 4.69) is 31.4 Å². The van der Waals surface area contributed by atoms with Crippen LogP contribution in [0.2, 0.25) is 0 Å². The second kappa shape index (κ2) is 7.88. The molecule has 0 spiro atoms. The van der Waals surface area contributed by atoms with E-state index >= 15 is 0 Å². The molecule has 15 heavy (non-hydrogen) atoms. The molecule has 0 aliphatic carbocycles. The summed E-state index contributed by atoms with van der Waals surface area (Å²) < 4.78 is 5.07. The Balaban J connectivity index is 3.67. The molecule has 0 saturated heterocycles. The van der Waals surface area contributed by atoms with Crippen LogP contribution in [0.15, 0.2) is 0 Å². The van der Waals surface area contributed by atoms with Crippen molar-refractivity contribution in [3.8, 4) is 0 Å². The minimum Gasteiger partial charge on any atom is -0.385 e. The van der Waals surface area contributed by atoms with Crippen LogP contribution in [-0.2, 0) is 4.74 Å². The van der Waals surface area contributed by atoms with Crippen LogP contribution >= 0.6 is 12.2 Å². The summed E-state index contributed by atoms with van der Waals surface area (Å²) in [6.07, 6.45) is 2.13. The second-order valence-electron chi connectivity index (χ2n) is 4.52. The lowest BCUT2D eigenvalue weighted by Crippen LogP contribution is -2.41. The van der Waals surface area contributed by atoms with Crippen LogP contribution in [0.1, 0.15) is 33.6 Å². The summed E-state index contributed by atoms with van der Waals surface area (Å²) in [5.74, 6) is 0. The van der Waals surface area contributed by atoms with Gasteiger partial charge in [0.05, 0.1) is 0 Å². The van der Waals surface area contributed by atoms with Crippen molar-refractivity contribution in [2.45, 2.75) is 33.6 Å². The molecule has 0 aromatic carbocycles. The Kier molecular flexibility index (Phi) is 7.70. The van der Waals surface area contributed by atoms with Crippen LogP contribution < -0.4 is 10.6 Å². The first-order valence-corrected chi connectivity index (χ1v) is 5.93. The van der Waals surface area contributed by atoms with Crippen LogP contribution in [0.3, 0.4) is 0 Å². The summed E-state index contributed by atoms with van der Waals surface area (Å²) in [5, 5.41) is 7.13. The smallest absolute Gasteiger partial charge is 0.166 e. The van der Waals surface area contributed by atoms with Gasteiger partial charge in [-0.3, -0.25) is 0 Å². The van der Waals surface area contributed by atoms with E-state index in [1.807, 2.05) is 0 Å². The third kappa shape index (κ3) is 8.63. The fourth-order valence-corrected chi connectivity index (χ4v) is 1.26. The number of methoxy groups -OCH3 is 1. The molecule has 0 radical (unpaired) electrons. The molecule has 3 nitrogen and oxygen atoms in total. The summed E-state index contributed by atoms with van der Waals surface area (Å²) in [5.41, 5.74) is 0.216. The number of ether oxygens (including phenoxy) is 1. The van der Waals surface area contributed by atoms with Crippen molar-refractivity contribution in [2.75, 3.05) is 26.8 Å². The highest BCUT2D eigenvalue weighted by Gasteiger charge is 2.17. The lowest BCUT2D eigenvalue weighted by atomic mass is 9.90.